The van der Waals surface area contributed by atoms with E-state index < -0.39 is 53.1 Å². The highest BCUT2D eigenvalue weighted by Gasteiger charge is 2.26. The van der Waals surface area contributed by atoms with E-state index in [1.807, 2.05) is 66.1 Å². The van der Waals surface area contributed by atoms with Gasteiger partial charge in [0.1, 0.15) is 47.4 Å². The number of nitrogens with one attached hydrogen (secondary N) is 4. The molecule has 0 aliphatic heterocycles. The molecule has 21 heteroatoms. The highest BCUT2D eigenvalue weighted by molar-refractivity contribution is 6.06. The number of amides is 6. The van der Waals surface area contributed by atoms with Gasteiger partial charge in [-0.1, -0.05) is 48.5 Å². The van der Waals surface area contributed by atoms with Crippen molar-refractivity contribution < 1.29 is 52.5 Å². The number of nitrogen functional groups attached to an aromatic ring is 1. The Kier molecular flexibility index (Phi) is 23.7. The first-order valence-corrected chi connectivity index (χ1v) is 26.0. The Labute approximate surface area is 441 Å². The molecule has 0 unspecified atom stereocenters. The van der Waals surface area contributed by atoms with Crippen LogP contribution in [0.4, 0.5) is 25.0 Å². The van der Waals surface area contributed by atoms with Crippen molar-refractivity contribution in [2.45, 2.75) is 157 Å². The number of carbonyl (C=O) groups excluding carboxylic acids is 6. The van der Waals surface area contributed by atoms with Crippen molar-refractivity contribution in [2.75, 3.05) is 58.2 Å². The van der Waals surface area contributed by atoms with Gasteiger partial charge >= 0.3 is 24.4 Å². The van der Waals surface area contributed by atoms with Gasteiger partial charge in [0.25, 0.3) is 0 Å². The van der Waals surface area contributed by atoms with E-state index >= 15 is 0 Å². The van der Waals surface area contributed by atoms with Crippen LogP contribution in [0.3, 0.4) is 0 Å². The molecule has 0 saturated carbocycles. The molecular weight excluding hydrogens is 965 g/mol. The van der Waals surface area contributed by atoms with Gasteiger partial charge in [-0.05, 0) is 119 Å². The Morgan fingerprint density at radius 1 is 0.653 bits per heavy atom. The van der Waals surface area contributed by atoms with Gasteiger partial charge in [-0.25, -0.2) is 29.1 Å². The molecule has 4 aromatic rings. The highest BCUT2D eigenvalue weighted by Crippen LogP contribution is 2.29. The average molecular weight is 1050 g/mol. The van der Waals surface area contributed by atoms with Crippen LogP contribution < -0.4 is 27.0 Å². The Morgan fingerprint density at radius 3 is 1.81 bits per heavy atom. The second-order valence-corrected chi connectivity index (χ2v) is 21.1. The van der Waals surface area contributed by atoms with Gasteiger partial charge in [-0.3, -0.25) is 9.59 Å². The summed E-state index contributed by atoms with van der Waals surface area (Å²) in [4.78, 5) is 91.2. The first-order valence-electron chi connectivity index (χ1n) is 26.0. The summed E-state index contributed by atoms with van der Waals surface area (Å²) in [6.45, 7) is 21.2. The summed E-state index contributed by atoms with van der Waals surface area (Å²) in [5.74, 6) is 0.143. The SMILES string of the molecule is CCOCc1nc2c(N)nc3ccccc3c2n1CCCNC(=O)[C@H](CCC(=O)NCCCN(CCCCN(CCCNC(=O)OC(C)(C)C)C(=O)OC(C)(C)C)C(=O)OC(C)(C)C)NC(=O)OCc1ccccc1. The first-order chi connectivity index (χ1) is 35.4. The number of rotatable bonds is 27. The van der Waals surface area contributed by atoms with Crippen LogP contribution in [0.5, 0.6) is 0 Å². The van der Waals surface area contributed by atoms with Crippen molar-refractivity contribution >= 4 is 63.9 Å². The summed E-state index contributed by atoms with van der Waals surface area (Å²) < 4.78 is 29.9. The molecule has 6 amide bonds. The Bertz CT molecular complexity index is 2480. The molecule has 0 aliphatic carbocycles. The minimum Gasteiger partial charge on any atom is -0.445 e. The summed E-state index contributed by atoms with van der Waals surface area (Å²) in [5.41, 5.74) is 7.15. The summed E-state index contributed by atoms with van der Waals surface area (Å²) >= 11 is 0. The summed E-state index contributed by atoms with van der Waals surface area (Å²) in [5, 5.41) is 12.1. The third-order valence-corrected chi connectivity index (χ3v) is 11.1. The Hall–Kier alpha value is -6.90. The molecule has 2 heterocycles. The zero-order valence-electron chi connectivity index (χ0n) is 45.8. The van der Waals surface area contributed by atoms with Crippen LogP contribution in [0.15, 0.2) is 54.6 Å². The standard InChI is InChI=1S/C54H82N10O11/c1-11-71-37-42-61-44-45(39-24-15-16-25-40(39)59-46(44)55)64(42)35-21-29-57-47(66)41(60-49(68)72-36-38-22-13-12-14-23-38)26-27-43(65)56-28-19-33-62(50(69)74-53(5,6)7)31-17-18-32-63(51(70)75-54(8,9)10)34-20-30-58-48(67)73-52(2,3)4/h12-16,22-25,41H,11,17-21,26-37H2,1-10H3,(H2,55,59)(H,56,65)(H,57,66)(H,58,67)(H,60,68)/t41-/m0/s1. The smallest absolute Gasteiger partial charge is 0.410 e. The lowest BCUT2D eigenvalue weighted by atomic mass is 10.1. The molecule has 0 radical (unpaired) electrons. The molecule has 75 heavy (non-hydrogen) atoms. The predicted octanol–water partition coefficient (Wildman–Crippen LogP) is 7.96. The third kappa shape index (κ3) is 22.2. The number of nitrogens with zero attached hydrogens (tertiary/aromatic N) is 5. The molecule has 21 nitrogen and oxygen atoms in total. The van der Waals surface area contributed by atoms with Crippen molar-refractivity contribution in [2.24, 2.45) is 0 Å². The zero-order valence-corrected chi connectivity index (χ0v) is 45.8. The van der Waals surface area contributed by atoms with E-state index in [9.17, 15) is 28.8 Å². The van der Waals surface area contributed by atoms with E-state index in [0.717, 1.165) is 22.0 Å². The highest BCUT2D eigenvalue weighted by atomic mass is 16.6. The normalized spacial score (nSPS) is 12.1. The molecule has 0 aliphatic rings. The summed E-state index contributed by atoms with van der Waals surface area (Å²) in [6.07, 6.45) is -0.0320. The number of aryl methyl sites for hydroxylation is 1. The fraction of sp³-hybridized carbons (Fsp3) is 0.593. The van der Waals surface area contributed by atoms with E-state index in [4.69, 9.17) is 34.4 Å². The number of nitrogens with two attached hydrogens (primary N) is 1. The molecule has 0 saturated heterocycles. The number of pyridine rings is 1. The van der Waals surface area contributed by atoms with Crippen molar-refractivity contribution in [1.29, 1.82) is 0 Å². The number of imidazole rings is 1. The molecule has 1 atom stereocenters. The van der Waals surface area contributed by atoms with Crippen LogP contribution in [0.1, 0.15) is 126 Å². The van der Waals surface area contributed by atoms with Crippen LogP contribution in [0.2, 0.25) is 0 Å². The molecule has 6 N–H and O–H groups in total. The van der Waals surface area contributed by atoms with E-state index in [-0.39, 0.29) is 51.6 Å². The van der Waals surface area contributed by atoms with Crippen molar-refractivity contribution in [3.05, 3.63) is 66.0 Å². The van der Waals surface area contributed by atoms with Crippen LogP contribution >= 0.6 is 0 Å². The fourth-order valence-corrected chi connectivity index (χ4v) is 7.68. The van der Waals surface area contributed by atoms with Crippen molar-refractivity contribution in [1.82, 2.24) is 45.6 Å². The van der Waals surface area contributed by atoms with Gasteiger partial charge in [0, 0.05) is 70.8 Å². The largest absolute Gasteiger partial charge is 0.445 e. The first kappa shape index (κ1) is 60.7. The number of para-hydroxylation sites is 1. The number of aromatic nitrogens is 3. The van der Waals surface area contributed by atoms with Crippen molar-refractivity contribution in [3.63, 3.8) is 0 Å². The minimum atomic E-state index is -1.10. The third-order valence-electron chi connectivity index (χ3n) is 11.1. The second kappa shape index (κ2) is 29.3. The Balaban J connectivity index is 1.33. The summed E-state index contributed by atoms with van der Waals surface area (Å²) in [7, 11) is 0. The number of alkyl carbamates (subject to hydrolysis) is 2. The number of unbranched alkanes of at least 4 members (excludes halogenated alkanes) is 1. The lowest BCUT2D eigenvalue weighted by molar-refractivity contribution is -0.124. The maximum atomic E-state index is 13.7. The Morgan fingerprint density at radius 2 is 1.21 bits per heavy atom. The molecule has 4 rings (SSSR count). The molecule has 414 valence electrons. The molecule has 0 spiro atoms. The van der Waals surface area contributed by atoms with E-state index in [1.54, 1.807) is 72.1 Å². The molecule has 0 bridgehead atoms. The monoisotopic (exact) mass is 1050 g/mol. The number of hydrogen-bond acceptors (Lipinski definition) is 14. The maximum Gasteiger partial charge on any atom is 0.410 e. The van der Waals surface area contributed by atoms with Crippen LogP contribution in [-0.2, 0) is 53.0 Å². The van der Waals surface area contributed by atoms with E-state index in [1.165, 1.54) is 0 Å². The molecule has 2 aromatic carbocycles. The topological polar surface area (TPSA) is 260 Å². The second-order valence-electron chi connectivity index (χ2n) is 21.1. The fourth-order valence-electron chi connectivity index (χ4n) is 7.68. The van der Waals surface area contributed by atoms with Crippen LogP contribution in [0, 0.1) is 0 Å². The number of carbonyl (C=O) groups is 6. The van der Waals surface area contributed by atoms with Gasteiger partial charge in [0.2, 0.25) is 11.8 Å². The quantitative estimate of drug-likeness (QED) is 0.0280. The lowest BCUT2D eigenvalue weighted by Gasteiger charge is -2.29. The van der Waals surface area contributed by atoms with Gasteiger partial charge in [-0.15, -0.1) is 0 Å². The average Bonchev–Trinajstić information content (AvgIpc) is 3.70. The lowest BCUT2D eigenvalue weighted by Crippen LogP contribution is -2.47. The zero-order chi connectivity index (χ0) is 55.2. The van der Waals surface area contributed by atoms with Gasteiger partial charge in [0.15, 0.2) is 5.82 Å². The number of hydrogen-bond donors (Lipinski definition) is 5. The van der Waals surface area contributed by atoms with Crippen LogP contribution in [0.25, 0.3) is 21.9 Å². The van der Waals surface area contributed by atoms with Gasteiger partial charge in [-0.2, -0.15) is 0 Å². The summed E-state index contributed by atoms with van der Waals surface area (Å²) in [6, 6.07) is 15.7. The van der Waals surface area contributed by atoms with E-state index in [2.05, 4.69) is 26.3 Å². The number of ether oxygens (including phenoxy) is 5. The maximum absolute atomic E-state index is 13.7. The van der Waals surface area contributed by atoms with Gasteiger partial charge < -0.3 is 65.1 Å². The van der Waals surface area contributed by atoms with Crippen LogP contribution in [-0.4, -0.2) is 136 Å². The molecule has 2 aromatic heterocycles. The molecule has 0 fully saturated rings. The number of fused-ring (bicyclic) bond motifs is 3. The van der Waals surface area contributed by atoms with Crippen molar-refractivity contribution in [3.8, 4) is 0 Å². The predicted molar refractivity (Wildman–Crippen MR) is 287 cm³/mol. The molecular formula is C54H82N10O11. The van der Waals surface area contributed by atoms with Gasteiger partial charge in [0.05, 0.1) is 11.0 Å². The van der Waals surface area contributed by atoms with E-state index in [0.29, 0.717) is 88.6 Å². The number of benzene rings is 2. The number of anilines is 1. The minimum absolute atomic E-state index is 0.0133.